The van der Waals surface area contributed by atoms with E-state index in [4.69, 9.17) is 5.53 Å². The van der Waals surface area contributed by atoms with Crippen LogP contribution in [0.4, 0.5) is 0 Å². The van der Waals surface area contributed by atoms with Crippen molar-refractivity contribution < 1.29 is 9.58 Å². The van der Waals surface area contributed by atoms with Crippen molar-refractivity contribution >= 4 is 11.5 Å². The van der Waals surface area contributed by atoms with Crippen LogP contribution in [0.5, 0.6) is 0 Å². The third-order valence-electron chi connectivity index (χ3n) is 0.717. The third-order valence-corrected chi connectivity index (χ3v) is 0.717. The Morgan fingerprint density at radius 1 is 1.44 bits per heavy atom. The number of carbonyl (C=O) groups is 1. The first kappa shape index (κ1) is 7.79. The molecule has 0 saturated heterocycles. The molecule has 0 aromatic carbocycles. The van der Waals surface area contributed by atoms with E-state index in [2.05, 4.69) is 4.79 Å². The Labute approximate surface area is 53.6 Å². The molecule has 0 saturated carbocycles. The Morgan fingerprint density at radius 2 is 2.00 bits per heavy atom. The topological polar surface area (TPSA) is 53.5 Å². The average Bonchev–Trinajstić information content (AvgIpc) is 1.83. The van der Waals surface area contributed by atoms with Gasteiger partial charge in [-0.2, -0.15) is 4.79 Å². The second-order valence-corrected chi connectivity index (χ2v) is 1.69. The van der Waals surface area contributed by atoms with Gasteiger partial charge in [0.1, 0.15) is 0 Å². The maximum Gasteiger partial charge on any atom is 0.289 e. The molecule has 0 unspecified atom stereocenters. The minimum absolute atomic E-state index is 0.0574. The first-order valence-electron chi connectivity index (χ1n) is 2.54. The van der Waals surface area contributed by atoms with Gasteiger partial charge in [-0.15, -0.1) is 0 Å². The molecule has 0 N–H and O–H groups in total. The number of allylic oxidation sites excluding steroid dienone is 2. The van der Waals surface area contributed by atoms with Gasteiger partial charge in [0.15, 0.2) is 5.78 Å². The monoisotopic (exact) mass is 124 g/mol. The summed E-state index contributed by atoms with van der Waals surface area (Å²) in [5.74, 6) is -0.0574. The Hall–Kier alpha value is -1.21. The molecule has 48 valence electrons. The van der Waals surface area contributed by atoms with Crippen LogP contribution in [-0.4, -0.2) is 16.3 Å². The summed E-state index contributed by atoms with van der Waals surface area (Å²) in [6.45, 7) is 3.03. The standard InChI is InChI=1S/C6H8N2O/c1-5(8-7)3-4-6(2)9/h3-4H,1-2H3/b4-3+. The molecule has 0 aliphatic heterocycles. The summed E-state index contributed by atoms with van der Waals surface area (Å²) in [6, 6.07) is 0. The summed E-state index contributed by atoms with van der Waals surface area (Å²) < 4.78 is 0. The van der Waals surface area contributed by atoms with Crippen LogP contribution < -0.4 is 0 Å². The molecule has 0 heterocycles. The van der Waals surface area contributed by atoms with Gasteiger partial charge >= 0.3 is 0 Å². The number of nitrogens with zero attached hydrogens (tertiary/aromatic N) is 2. The highest BCUT2D eigenvalue weighted by Gasteiger charge is 1.89. The number of carbonyl (C=O) groups excluding carboxylic acids is 1. The SMILES string of the molecule is CC(=O)/C=C/C(C)=[N+]=[N-]. The lowest BCUT2D eigenvalue weighted by atomic mass is 10.3. The van der Waals surface area contributed by atoms with Crippen LogP contribution >= 0.6 is 0 Å². The summed E-state index contributed by atoms with van der Waals surface area (Å²) >= 11 is 0. The maximum absolute atomic E-state index is 10.2. The van der Waals surface area contributed by atoms with Gasteiger partial charge in [-0.25, -0.2) is 0 Å². The summed E-state index contributed by atoms with van der Waals surface area (Å²) in [7, 11) is 0. The maximum atomic E-state index is 10.2. The second kappa shape index (κ2) is 3.75. The molecule has 0 atom stereocenters. The van der Waals surface area contributed by atoms with Gasteiger partial charge in [0.2, 0.25) is 0 Å². The van der Waals surface area contributed by atoms with E-state index in [9.17, 15) is 4.79 Å². The highest BCUT2D eigenvalue weighted by atomic mass is 16.1. The predicted octanol–water partition coefficient (Wildman–Crippen LogP) is 0.822. The average molecular weight is 124 g/mol. The molecule has 9 heavy (non-hydrogen) atoms. The molecule has 0 bridgehead atoms. The first-order valence-corrected chi connectivity index (χ1v) is 2.54. The normalized spacial score (nSPS) is 9.11. The van der Waals surface area contributed by atoms with Crippen molar-refractivity contribution in [2.24, 2.45) is 0 Å². The van der Waals surface area contributed by atoms with E-state index in [1.807, 2.05) is 0 Å². The highest BCUT2D eigenvalue weighted by Crippen LogP contribution is 1.75. The van der Waals surface area contributed by atoms with E-state index in [1.54, 1.807) is 6.92 Å². The molecule has 3 nitrogen and oxygen atoms in total. The minimum Gasteiger partial charge on any atom is -0.361 e. The summed E-state index contributed by atoms with van der Waals surface area (Å²) in [6.07, 6.45) is 2.79. The van der Waals surface area contributed by atoms with Gasteiger partial charge in [-0.3, -0.25) is 4.79 Å². The molecule has 0 aromatic rings. The van der Waals surface area contributed by atoms with Crippen molar-refractivity contribution in [2.45, 2.75) is 13.8 Å². The summed E-state index contributed by atoms with van der Waals surface area (Å²) in [5.41, 5.74) is 8.49. The molecule has 0 amide bonds. The lowest BCUT2D eigenvalue weighted by Gasteiger charge is -1.72. The van der Waals surface area contributed by atoms with E-state index < -0.39 is 0 Å². The molecular weight excluding hydrogens is 116 g/mol. The zero-order valence-corrected chi connectivity index (χ0v) is 5.46. The van der Waals surface area contributed by atoms with Crippen LogP contribution in [0.3, 0.4) is 0 Å². The number of hydrogen-bond acceptors (Lipinski definition) is 1. The fraction of sp³-hybridized carbons (Fsp3) is 0.333. The molecule has 0 rings (SSSR count). The third kappa shape index (κ3) is 4.65. The van der Waals surface area contributed by atoms with E-state index in [-0.39, 0.29) is 5.78 Å². The van der Waals surface area contributed by atoms with Gasteiger partial charge in [0, 0.05) is 13.0 Å². The Kier molecular flexibility index (Phi) is 3.25. The molecule has 0 radical (unpaired) electrons. The van der Waals surface area contributed by atoms with E-state index in [1.165, 1.54) is 19.1 Å². The quantitative estimate of drug-likeness (QED) is 0.233. The van der Waals surface area contributed by atoms with Crippen LogP contribution in [0.1, 0.15) is 13.8 Å². The number of ketones is 1. The van der Waals surface area contributed by atoms with Crippen LogP contribution in [0.15, 0.2) is 12.2 Å². The van der Waals surface area contributed by atoms with Crippen molar-refractivity contribution in [3.63, 3.8) is 0 Å². The smallest absolute Gasteiger partial charge is 0.289 e. The van der Waals surface area contributed by atoms with E-state index in [0.29, 0.717) is 5.71 Å². The zero-order chi connectivity index (χ0) is 7.28. The van der Waals surface area contributed by atoms with Crippen molar-refractivity contribution in [1.29, 1.82) is 0 Å². The van der Waals surface area contributed by atoms with Crippen molar-refractivity contribution in [1.82, 2.24) is 0 Å². The van der Waals surface area contributed by atoms with Crippen LogP contribution in [0, 0.1) is 0 Å². The fourth-order valence-corrected chi connectivity index (χ4v) is 0.271. The Balaban J connectivity index is 4.01. The summed E-state index contributed by atoms with van der Waals surface area (Å²) in [5, 5.41) is 0. The largest absolute Gasteiger partial charge is 0.361 e. The van der Waals surface area contributed by atoms with Crippen molar-refractivity contribution in [2.75, 3.05) is 0 Å². The van der Waals surface area contributed by atoms with Gasteiger partial charge in [-0.05, 0) is 13.0 Å². The van der Waals surface area contributed by atoms with Gasteiger partial charge in [0.05, 0.1) is 0 Å². The molecule has 0 fully saturated rings. The van der Waals surface area contributed by atoms with Gasteiger partial charge in [0.25, 0.3) is 5.71 Å². The van der Waals surface area contributed by atoms with E-state index >= 15 is 0 Å². The lowest BCUT2D eigenvalue weighted by Crippen LogP contribution is -1.87. The van der Waals surface area contributed by atoms with Crippen LogP contribution in [0.2, 0.25) is 0 Å². The van der Waals surface area contributed by atoms with Gasteiger partial charge in [-0.1, -0.05) is 0 Å². The molecule has 0 aliphatic rings. The first-order chi connectivity index (χ1) is 4.16. The Morgan fingerprint density at radius 3 is 2.33 bits per heavy atom. The van der Waals surface area contributed by atoms with Crippen molar-refractivity contribution in [3.05, 3.63) is 17.7 Å². The number of rotatable bonds is 2. The fourth-order valence-electron chi connectivity index (χ4n) is 0.271. The molecule has 0 spiro atoms. The van der Waals surface area contributed by atoms with E-state index in [0.717, 1.165) is 0 Å². The van der Waals surface area contributed by atoms with Crippen LogP contribution in [-0.2, 0) is 4.79 Å². The Bertz CT molecular complexity index is 187. The van der Waals surface area contributed by atoms with Gasteiger partial charge < -0.3 is 5.53 Å². The molecule has 0 aromatic heterocycles. The second-order valence-electron chi connectivity index (χ2n) is 1.69. The molecule has 3 heteroatoms. The van der Waals surface area contributed by atoms with Crippen LogP contribution in [0.25, 0.3) is 5.53 Å². The molecule has 0 aliphatic carbocycles. The predicted molar refractivity (Wildman–Crippen MR) is 34.1 cm³/mol. The minimum atomic E-state index is -0.0574. The molecular formula is C6H8N2O. The number of hydrogen-bond donors (Lipinski definition) is 0. The zero-order valence-electron chi connectivity index (χ0n) is 5.46. The lowest BCUT2D eigenvalue weighted by molar-refractivity contribution is -0.112. The highest BCUT2D eigenvalue weighted by molar-refractivity contribution is 5.96. The summed E-state index contributed by atoms with van der Waals surface area (Å²) in [4.78, 5) is 13.1. The van der Waals surface area contributed by atoms with Crippen molar-refractivity contribution in [3.8, 4) is 0 Å².